The first-order valence-electron chi connectivity index (χ1n) is 6.73. The van der Waals surface area contributed by atoms with Gasteiger partial charge in [-0.15, -0.1) is 0 Å². The van der Waals surface area contributed by atoms with Crippen LogP contribution in [0.3, 0.4) is 0 Å². The molecule has 1 aliphatic rings. The molecule has 1 aliphatic carbocycles. The van der Waals surface area contributed by atoms with E-state index in [4.69, 9.17) is 0 Å². The smallest absolute Gasteiger partial charge is 0.308 e. The van der Waals surface area contributed by atoms with E-state index in [-0.39, 0.29) is 11.7 Å². The molecule has 6 nitrogen and oxygen atoms in total. The van der Waals surface area contributed by atoms with Crippen molar-refractivity contribution in [3.05, 3.63) is 33.9 Å². The minimum atomic E-state index is -0.802. The average molecular weight is 278 g/mol. The minimum absolute atomic E-state index is 0.0534. The van der Waals surface area contributed by atoms with Crippen LogP contribution < -0.4 is 5.32 Å². The molecule has 1 saturated carbocycles. The highest BCUT2D eigenvalue weighted by atomic mass is 16.6. The number of hydrogen-bond acceptors (Lipinski definition) is 4. The van der Waals surface area contributed by atoms with Crippen molar-refractivity contribution in [1.29, 1.82) is 0 Å². The number of carboxylic acids is 1. The van der Waals surface area contributed by atoms with Crippen LogP contribution in [-0.2, 0) is 4.79 Å². The van der Waals surface area contributed by atoms with Crippen LogP contribution in [0, 0.1) is 23.0 Å². The van der Waals surface area contributed by atoms with Gasteiger partial charge in [0, 0.05) is 23.4 Å². The number of nitro groups is 1. The van der Waals surface area contributed by atoms with Gasteiger partial charge in [0.1, 0.15) is 0 Å². The van der Waals surface area contributed by atoms with E-state index in [0.29, 0.717) is 17.7 Å². The lowest BCUT2D eigenvalue weighted by atomic mass is 9.84. The van der Waals surface area contributed by atoms with Crippen molar-refractivity contribution in [2.45, 2.75) is 38.6 Å². The van der Waals surface area contributed by atoms with E-state index >= 15 is 0 Å². The maximum atomic E-state index is 11.2. The van der Waals surface area contributed by atoms with Crippen molar-refractivity contribution in [2.24, 2.45) is 5.92 Å². The van der Waals surface area contributed by atoms with Crippen molar-refractivity contribution >= 4 is 17.3 Å². The number of nitro benzene ring substituents is 1. The molecular weight excluding hydrogens is 260 g/mol. The van der Waals surface area contributed by atoms with Gasteiger partial charge in [-0.3, -0.25) is 14.9 Å². The molecule has 2 unspecified atom stereocenters. The average Bonchev–Trinajstić information content (AvgIpc) is 2.41. The molecule has 1 aromatic rings. The Morgan fingerprint density at radius 2 is 2.10 bits per heavy atom. The zero-order valence-corrected chi connectivity index (χ0v) is 11.3. The molecule has 2 atom stereocenters. The lowest BCUT2D eigenvalue weighted by Crippen LogP contribution is -2.37. The second kappa shape index (κ2) is 5.90. The van der Waals surface area contributed by atoms with E-state index in [2.05, 4.69) is 5.32 Å². The summed E-state index contributed by atoms with van der Waals surface area (Å²) < 4.78 is 0. The summed E-state index contributed by atoms with van der Waals surface area (Å²) in [5, 5.41) is 23.3. The summed E-state index contributed by atoms with van der Waals surface area (Å²) in [6.07, 6.45) is 3.33. The van der Waals surface area contributed by atoms with Crippen LogP contribution in [0.4, 0.5) is 11.4 Å². The van der Waals surface area contributed by atoms with Crippen molar-refractivity contribution < 1.29 is 14.8 Å². The Morgan fingerprint density at radius 1 is 1.40 bits per heavy atom. The topological polar surface area (TPSA) is 92.5 Å². The van der Waals surface area contributed by atoms with E-state index in [1.807, 2.05) is 0 Å². The largest absolute Gasteiger partial charge is 0.481 e. The fraction of sp³-hybridized carbons (Fsp3) is 0.500. The highest BCUT2D eigenvalue weighted by Crippen LogP contribution is 2.29. The van der Waals surface area contributed by atoms with Gasteiger partial charge in [0.25, 0.3) is 5.69 Å². The predicted octanol–water partition coefficient (Wildman–Crippen LogP) is 2.96. The third-order valence-corrected chi connectivity index (χ3v) is 3.84. The van der Waals surface area contributed by atoms with Crippen LogP contribution in [0.5, 0.6) is 0 Å². The number of aliphatic carboxylic acids is 1. The van der Waals surface area contributed by atoms with Gasteiger partial charge in [0.15, 0.2) is 0 Å². The number of rotatable bonds is 4. The lowest BCUT2D eigenvalue weighted by Gasteiger charge is -2.30. The molecule has 1 fully saturated rings. The Bertz CT molecular complexity index is 530. The molecule has 0 radical (unpaired) electrons. The monoisotopic (exact) mass is 278 g/mol. The molecule has 2 rings (SSSR count). The molecule has 1 aromatic carbocycles. The number of carboxylic acid groups (broad SMARTS) is 1. The third-order valence-electron chi connectivity index (χ3n) is 3.84. The summed E-state index contributed by atoms with van der Waals surface area (Å²) in [4.78, 5) is 21.7. The SMILES string of the molecule is Cc1ccc(NC2CCCCC2C(=O)O)cc1[N+](=O)[O-]. The van der Waals surface area contributed by atoms with E-state index in [1.165, 1.54) is 6.07 Å². The maximum Gasteiger partial charge on any atom is 0.308 e. The van der Waals surface area contributed by atoms with Gasteiger partial charge in [-0.05, 0) is 25.8 Å². The molecule has 0 spiro atoms. The molecule has 0 aliphatic heterocycles. The van der Waals surface area contributed by atoms with Crippen LogP contribution in [-0.4, -0.2) is 22.0 Å². The van der Waals surface area contributed by atoms with Gasteiger partial charge in [0.2, 0.25) is 0 Å². The Hall–Kier alpha value is -2.11. The normalized spacial score (nSPS) is 22.2. The highest BCUT2D eigenvalue weighted by molar-refractivity contribution is 5.72. The molecule has 0 bridgehead atoms. The Morgan fingerprint density at radius 3 is 2.75 bits per heavy atom. The Balaban J connectivity index is 2.18. The molecule has 0 aromatic heterocycles. The van der Waals surface area contributed by atoms with Crippen LogP contribution in [0.15, 0.2) is 18.2 Å². The predicted molar refractivity (Wildman–Crippen MR) is 74.8 cm³/mol. The fourth-order valence-corrected chi connectivity index (χ4v) is 2.71. The zero-order chi connectivity index (χ0) is 14.7. The van der Waals surface area contributed by atoms with Crippen LogP contribution >= 0.6 is 0 Å². The third kappa shape index (κ3) is 3.07. The summed E-state index contributed by atoms with van der Waals surface area (Å²) >= 11 is 0. The van der Waals surface area contributed by atoms with Crippen molar-refractivity contribution in [3.63, 3.8) is 0 Å². The molecular formula is C14H18N2O4. The molecule has 2 N–H and O–H groups in total. The first kappa shape index (κ1) is 14.3. The first-order valence-corrected chi connectivity index (χ1v) is 6.73. The quantitative estimate of drug-likeness (QED) is 0.652. The summed E-state index contributed by atoms with van der Waals surface area (Å²) in [6.45, 7) is 1.68. The summed E-state index contributed by atoms with van der Waals surface area (Å²) in [6, 6.07) is 4.75. The number of nitrogens with zero attached hydrogens (tertiary/aromatic N) is 1. The summed E-state index contributed by atoms with van der Waals surface area (Å²) in [5.74, 6) is -1.23. The van der Waals surface area contributed by atoms with Crippen molar-refractivity contribution in [3.8, 4) is 0 Å². The number of benzene rings is 1. The van der Waals surface area contributed by atoms with Crippen LogP contribution in [0.25, 0.3) is 0 Å². The van der Waals surface area contributed by atoms with Gasteiger partial charge in [-0.25, -0.2) is 0 Å². The number of hydrogen-bond donors (Lipinski definition) is 2. The molecule has 20 heavy (non-hydrogen) atoms. The number of nitrogens with one attached hydrogen (secondary N) is 1. The number of aryl methyl sites for hydroxylation is 1. The second-order valence-corrected chi connectivity index (χ2v) is 5.24. The van der Waals surface area contributed by atoms with E-state index in [9.17, 15) is 20.0 Å². The van der Waals surface area contributed by atoms with Crippen LogP contribution in [0.1, 0.15) is 31.2 Å². The molecule has 108 valence electrons. The maximum absolute atomic E-state index is 11.2. The number of carbonyl (C=O) groups is 1. The van der Waals surface area contributed by atoms with E-state index in [1.54, 1.807) is 19.1 Å². The zero-order valence-electron chi connectivity index (χ0n) is 11.3. The molecule has 0 heterocycles. The summed E-state index contributed by atoms with van der Waals surface area (Å²) in [7, 11) is 0. The first-order chi connectivity index (χ1) is 9.49. The lowest BCUT2D eigenvalue weighted by molar-refractivity contribution is -0.385. The highest BCUT2D eigenvalue weighted by Gasteiger charge is 2.30. The van der Waals surface area contributed by atoms with Gasteiger partial charge in [-0.2, -0.15) is 0 Å². The molecule has 0 saturated heterocycles. The Labute approximate surface area is 117 Å². The van der Waals surface area contributed by atoms with Gasteiger partial charge in [-0.1, -0.05) is 18.9 Å². The van der Waals surface area contributed by atoms with Gasteiger partial charge in [0.05, 0.1) is 10.8 Å². The van der Waals surface area contributed by atoms with Crippen molar-refractivity contribution in [1.82, 2.24) is 0 Å². The number of anilines is 1. The van der Waals surface area contributed by atoms with Gasteiger partial charge < -0.3 is 10.4 Å². The van der Waals surface area contributed by atoms with E-state index in [0.717, 1.165) is 19.3 Å². The minimum Gasteiger partial charge on any atom is -0.481 e. The van der Waals surface area contributed by atoms with E-state index < -0.39 is 16.8 Å². The second-order valence-electron chi connectivity index (χ2n) is 5.24. The summed E-state index contributed by atoms with van der Waals surface area (Å²) in [5.41, 5.74) is 1.26. The van der Waals surface area contributed by atoms with Crippen LogP contribution in [0.2, 0.25) is 0 Å². The fourth-order valence-electron chi connectivity index (χ4n) is 2.71. The molecule has 6 heteroatoms. The molecule has 0 amide bonds. The van der Waals surface area contributed by atoms with Crippen molar-refractivity contribution in [2.75, 3.05) is 5.32 Å². The standard InChI is InChI=1S/C14H18N2O4/c1-9-6-7-10(8-13(9)16(19)20)15-12-5-3-2-4-11(12)14(17)18/h6-8,11-12,15H,2-5H2,1H3,(H,17,18). The Kier molecular flexibility index (Phi) is 4.22. The van der Waals surface area contributed by atoms with Gasteiger partial charge >= 0.3 is 5.97 Å².